The number of hydrogen-bond acceptors (Lipinski definition) is 4. The van der Waals surface area contributed by atoms with Crippen molar-refractivity contribution in [1.82, 2.24) is 15.2 Å². The third kappa shape index (κ3) is 4.41. The van der Waals surface area contributed by atoms with Crippen molar-refractivity contribution in [3.63, 3.8) is 0 Å². The molecule has 1 atom stereocenters. The maximum Gasteiger partial charge on any atom is 0.268 e. The van der Waals surface area contributed by atoms with Gasteiger partial charge in [0.25, 0.3) is 5.91 Å². The number of hydrazone groups is 1. The minimum Gasteiger partial charge on any atom is -0.347 e. The predicted octanol–water partition coefficient (Wildman–Crippen LogP) is 0.410. The van der Waals surface area contributed by atoms with Gasteiger partial charge in [0, 0.05) is 40.4 Å². The number of benzene rings is 1. The van der Waals surface area contributed by atoms with E-state index in [1.165, 1.54) is 17.0 Å². The Labute approximate surface area is 141 Å². The molecule has 128 valence electrons. The molecule has 0 saturated carbocycles. The average Bonchev–Trinajstić information content (AvgIpc) is 2.56. The summed E-state index contributed by atoms with van der Waals surface area (Å²) in [5, 5.41) is 7.91. The first-order chi connectivity index (χ1) is 11.4. The lowest BCUT2D eigenvalue weighted by Gasteiger charge is -2.24. The number of rotatable bonds is 5. The molecule has 0 spiro atoms. The van der Waals surface area contributed by atoms with Gasteiger partial charge in [-0.15, -0.1) is 0 Å². The molecule has 1 aliphatic heterocycles. The lowest BCUT2D eigenvalue weighted by molar-refractivity contribution is -0.133. The monoisotopic (exact) mass is 330 g/mol. The molecule has 0 aromatic heterocycles. The Kier molecular flexibility index (Phi) is 5.68. The summed E-state index contributed by atoms with van der Waals surface area (Å²) in [5.74, 6) is -0.727. The summed E-state index contributed by atoms with van der Waals surface area (Å²) in [6.07, 6.45) is 0.919. The van der Waals surface area contributed by atoms with Gasteiger partial charge in [-0.1, -0.05) is 30.3 Å². The number of nitrogens with zero attached hydrogens (tertiary/aromatic N) is 3. The number of hydrogen-bond donors (Lipinski definition) is 1. The van der Waals surface area contributed by atoms with Crippen LogP contribution in [-0.4, -0.2) is 60.5 Å². The van der Waals surface area contributed by atoms with Gasteiger partial charge in [0.2, 0.25) is 11.8 Å². The van der Waals surface area contributed by atoms with Crippen LogP contribution in [0.5, 0.6) is 0 Å². The molecule has 7 heteroatoms. The number of nitrogens with one attached hydrogen (secondary N) is 1. The predicted molar refractivity (Wildman–Crippen MR) is 90.2 cm³/mol. The summed E-state index contributed by atoms with van der Waals surface area (Å²) in [6, 6.07) is 8.81. The molecule has 1 N–H and O–H groups in total. The maximum absolute atomic E-state index is 12.4. The molecule has 7 nitrogen and oxygen atoms in total. The van der Waals surface area contributed by atoms with Crippen LogP contribution in [0, 0.1) is 0 Å². The molecule has 0 aliphatic carbocycles. The minimum atomic E-state index is -0.680. The Morgan fingerprint density at radius 3 is 2.50 bits per heavy atom. The molecule has 3 amide bonds. The van der Waals surface area contributed by atoms with Gasteiger partial charge >= 0.3 is 0 Å². The van der Waals surface area contributed by atoms with E-state index in [4.69, 9.17) is 0 Å². The van der Waals surface area contributed by atoms with Gasteiger partial charge < -0.3 is 10.2 Å². The zero-order valence-electron chi connectivity index (χ0n) is 14.2. The molecule has 0 unspecified atom stereocenters. The van der Waals surface area contributed by atoms with Crippen molar-refractivity contribution in [2.75, 3.05) is 21.1 Å². The Morgan fingerprint density at radius 1 is 1.25 bits per heavy atom. The second-order valence-electron chi connectivity index (χ2n) is 5.91. The average molecular weight is 330 g/mol. The van der Waals surface area contributed by atoms with Crippen LogP contribution in [0.25, 0.3) is 0 Å². The van der Waals surface area contributed by atoms with Crippen LogP contribution in [0.4, 0.5) is 0 Å². The van der Waals surface area contributed by atoms with Gasteiger partial charge in [-0.2, -0.15) is 5.10 Å². The Morgan fingerprint density at radius 2 is 1.92 bits per heavy atom. The van der Waals surface area contributed by atoms with Crippen molar-refractivity contribution in [3.05, 3.63) is 35.9 Å². The standard InChI is InChI=1S/C17H22N4O3/c1-20(2)17(24)14(11-12-7-5-4-6-8-12)18-16(23)13-9-10-15(22)21(3)19-13/h4-8,14H,9-11H2,1-3H3,(H,18,23)/t14-/m0/s1. The van der Waals surface area contributed by atoms with E-state index in [1.807, 2.05) is 30.3 Å². The van der Waals surface area contributed by atoms with Crippen molar-refractivity contribution in [2.24, 2.45) is 5.10 Å². The normalized spacial score (nSPS) is 15.5. The molecule has 0 saturated heterocycles. The highest BCUT2D eigenvalue weighted by Crippen LogP contribution is 2.09. The smallest absolute Gasteiger partial charge is 0.268 e. The molecule has 24 heavy (non-hydrogen) atoms. The summed E-state index contributed by atoms with van der Waals surface area (Å²) in [6.45, 7) is 0. The Bertz CT molecular complexity index is 655. The van der Waals surface area contributed by atoms with Gasteiger partial charge in [0.15, 0.2) is 0 Å². The molecule has 1 aromatic rings. The van der Waals surface area contributed by atoms with E-state index in [-0.39, 0.29) is 30.4 Å². The van der Waals surface area contributed by atoms with E-state index in [0.717, 1.165) is 5.56 Å². The van der Waals surface area contributed by atoms with Crippen molar-refractivity contribution < 1.29 is 14.4 Å². The Balaban J connectivity index is 2.13. The number of carbonyl (C=O) groups excluding carboxylic acids is 3. The Hall–Kier alpha value is -2.70. The zero-order chi connectivity index (χ0) is 17.7. The fraction of sp³-hybridized carbons (Fsp3) is 0.412. The first-order valence-electron chi connectivity index (χ1n) is 7.78. The topological polar surface area (TPSA) is 82.1 Å². The molecule has 2 rings (SSSR count). The van der Waals surface area contributed by atoms with Crippen LogP contribution >= 0.6 is 0 Å². The van der Waals surface area contributed by atoms with Gasteiger partial charge in [-0.3, -0.25) is 14.4 Å². The van der Waals surface area contributed by atoms with E-state index in [1.54, 1.807) is 14.1 Å². The summed E-state index contributed by atoms with van der Waals surface area (Å²) in [4.78, 5) is 37.7. The highest BCUT2D eigenvalue weighted by molar-refractivity contribution is 6.39. The van der Waals surface area contributed by atoms with Gasteiger partial charge in [0.1, 0.15) is 11.8 Å². The fourth-order valence-corrected chi connectivity index (χ4v) is 2.44. The summed E-state index contributed by atoms with van der Waals surface area (Å²) in [7, 11) is 4.81. The third-order valence-corrected chi connectivity index (χ3v) is 3.80. The lowest BCUT2D eigenvalue weighted by Crippen LogP contribution is -2.50. The molecule has 1 aliphatic rings. The van der Waals surface area contributed by atoms with Crippen molar-refractivity contribution in [1.29, 1.82) is 0 Å². The quantitative estimate of drug-likeness (QED) is 0.849. The lowest BCUT2D eigenvalue weighted by atomic mass is 10.0. The van der Waals surface area contributed by atoms with E-state index < -0.39 is 11.9 Å². The molecule has 0 fully saturated rings. The van der Waals surface area contributed by atoms with Gasteiger partial charge in [-0.05, 0) is 5.56 Å². The third-order valence-electron chi connectivity index (χ3n) is 3.80. The van der Waals surface area contributed by atoms with Crippen LogP contribution in [0.3, 0.4) is 0 Å². The number of amides is 3. The summed E-state index contributed by atoms with van der Waals surface area (Å²) < 4.78 is 0. The van der Waals surface area contributed by atoms with Crippen LogP contribution in [0.2, 0.25) is 0 Å². The highest BCUT2D eigenvalue weighted by atomic mass is 16.2. The SMILES string of the molecule is CN(C)C(=O)[C@H](Cc1ccccc1)NC(=O)C1=NN(C)C(=O)CC1. The minimum absolute atomic E-state index is 0.128. The largest absolute Gasteiger partial charge is 0.347 e. The van der Waals surface area contributed by atoms with Crippen LogP contribution in [-0.2, 0) is 20.8 Å². The molecule has 0 bridgehead atoms. The van der Waals surface area contributed by atoms with Gasteiger partial charge in [-0.25, -0.2) is 5.01 Å². The second kappa shape index (κ2) is 7.72. The van der Waals surface area contributed by atoms with E-state index in [2.05, 4.69) is 10.4 Å². The molecular formula is C17H22N4O3. The van der Waals surface area contributed by atoms with E-state index >= 15 is 0 Å². The molecule has 1 heterocycles. The van der Waals surface area contributed by atoms with Crippen LogP contribution < -0.4 is 5.32 Å². The zero-order valence-corrected chi connectivity index (χ0v) is 14.2. The van der Waals surface area contributed by atoms with Crippen molar-refractivity contribution in [2.45, 2.75) is 25.3 Å². The summed E-state index contributed by atoms with van der Waals surface area (Å²) in [5.41, 5.74) is 1.22. The van der Waals surface area contributed by atoms with E-state index in [9.17, 15) is 14.4 Å². The van der Waals surface area contributed by atoms with Crippen molar-refractivity contribution >= 4 is 23.4 Å². The number of likely N-dealkylation sites (N-methyl/N-ethyl adjacent to an activating group) is 1. The van der Waals surface area contributed by atoms with Crippen LogP contribution in [0.15, 0.2) is 35.4 Å². The van der Waals surface area contributed by atoms with E-state index in [0.29, 0.717) is 6.42 Å². The van der Waals surface area contributed by atoms with Crippen molar-refractivity contribution in [3.8, 4) is 0 Å². The fourth-order valence-electron chi connectivity index (χ4n) is 2.44. The van der Waals surface area contributed by atoms with Crippen LogP contribution in [0.1, 0.15) is 18.4 Å². The number of carbonyl (C=O) groups is 3. The molecule has 1 aromatic carbocycles. The molecule has 0 radical (unpaired) electrons. The summed E-state index contributed by atoms with van der Waals surface area (Å²) >= 11 is 0. The first-order valence-corrected chi connectivity index (χ1v) is 7.78. The highest BCUT2D eigenvalue weighted by Gasteiger charge is 2.27. The van der Waals surface area contributed by atoms with Gasteiger partial charge in [0.05, 0.1) is 0 Å². The maximum atomic E-state index is 12.4. The first kappa shape index (κ1) is 17.7. The molecular weight excluding hydrogens is 308 g/mol. The second-order valence-corrected chi connectivity index (χ2v) is 5.91.